The van der Waals surface area contributed by atoms with Gasteiger partial charge in [-0.1, -0.05) is 17.7 Å². The average Bonchev–Trinajstić information content (AvgIpc) is 3.12. The number of carbonyl (C=O) groups excluding carboxylic acids is 1. The van der Waals surface area contributed by atoms with E-state index in [1.165, 1.54) is 16.4 Å². The number of halogens is 1. The number of sulfonamides is 1. The quantitative estimate of drug-likeness (QED) is 0.778. The first-order valence-electron chi connectivity index (χ1n) is 9.07. The minimum absolute atomic E-state index is 0.128. The zero-order valence-electron chi connectivity index (χ0n) is 14.8. The van der Waals surface area contributed by atoms with Crippen molar-refractivity contribution in [2.45, 2.75) is 30.7 Å². The van der Waals surface area contributed by atoms with Crippen molar-refractivity contribution in [3.63, 3.8) is 0 Å². The van der Waals surface area contributed by atoms with Gasteiger partial charge in [0.05, 0.1) is 4.90 Å². The van der Waals surface area contributed by atoms with Crippen LogP contribution in [0, 0.1) is 0 Å². The van der Waals surface area contributed by atoms with Gasteiger partial charge in [-0.2, -0.15) is 9.40 Å². The molecular formula is C18H21ClN4O3S. The van der Waals surface area contributed by atoms with E-state index >= 15 is 0 Å². The molecule has 1 amide bonds. The number of aromatic nitrogens is 2. The van der Waals surface area contributed by atoms with Gasteiger partial charge in [-0.05, 0) is 43.5 Å². The zero-order chi connectivity index (χ0) is 19.0. The summed E-state index contributed by atoms with van der Waals surface area (Å²) in [6.07, 6.45) is 3.16. The number of amides is 1. The molecule has 1 aromatic heterocycles. The molecule has 0 unspecified atom stereocenters. The lowest BCUT2D eigenvalue weighted by Gasteiger charge is -2.33. The maximum Gasteiger partial charge on any atom is 0.274 e. The Morgan fingerprint density at radius 2 is 1.81 bits per heavy atom. The number of piperazine rings is 1. The number of rotatable bonds is 3. The predicted molar refractivity (Wildman–Crippen MR) is 101 cm³/mol. The van der Waals surface area contributed by atoms with E-state index in [1.54, 1.807) is 17.0 Å². The molecule has 1 saturated heterocycles. The van der Waals surface area contributed by atoms with Crippen molar-refractivity contribution >= 4 is 27.5 Å². The molecule has 27 heavy (non-hydrogen) atoms. The van der Waals surface area contributed by atoms with E-state index in [0.717, 1.165) is 31.5 Å². The van der Waals surface area contributed by atoms with Gasteiger partial charge in [0.2, 0.25) is 10.0 Å². The first kappa shape index (κ1) is 18.5. The normalized spacial score (nSPS) is 18.3. The van der Waals surface area contributed by atoms with Gasteiger partial charge in [-0.25, -0.2) is 8.42 Å². The fourth-order valence-electron chi connectivity index (χ4n) is 3.59. The number of carbonyl (C=O) groups is 1. The summed E-state index contributed by atoms with van der Waals surface area (Å²) in [5.41, 5.74) is 1.56. The Hall–Kier alpha value is -1.90. The molecule has 7 nitrogen and oxygen atoms in total. The van der Waals surface area contributed by atoms with E-state index in [4.69, 9.17) is 11.6 Å². The minimum Gasteiger partial charge on any atom is -0.335 e. The molecule has 144 valence electrons. The summed E-state index contributed by atoms with van der Waals surface area (Å²) in [6.45, 7) is 2.07. The molecule has 3 heterocycles. The van der Waals surface area contributed by atoms with Crippen LogP contribution in [0.5, 0.6) is 0 Å². The topological polar surface area (TPSA) is 75.5 Å². The highest BCUT2D eigenvalue weighted by Gasteiger charge is 2.31. The van der Waals surface area contributed by atoms with Gasteiger partial charge in [0, 0.05) is 43.4 Å². The van der Waals surface area contributed by atoms with Gasteiger partial charge in [0.15, 0.2) is 5.69 Å². The smallest absolute Gasteiger partial charge is 0.274 e. The Bertz CT molecular complexity index is 941. The van der Waals surface area contributed by atoms with Crippen molar-refractivity contribution in [2.75, 3.05) is 26.2 Å². The van der Waals surface area contributed by atoms with Crippen LogP contribution >= 0.6 is 11.6 Å². The first-order valence-corrected chi connectivity index (χ1v) is 10.9. The molecule has 2 aliphatic rings. The Kier molecular flexibility index (Phi) is 4.96. The van der Waals surface area contributed by atoms with Crippen LogP contribution in [0.1, 0.15) is 29.0 Å². The molecule has 1 fully saturated rings. The van der Waals surface area contributed by atoms with Crippen LogP contribution in [0.3, 0.4) is 0 Å². The van der Waals surface area contributed by atoms with Crippen molar-refractivity contribution in [3.05, 3.63) is 46.7 Å². The van der Waals surface area contributed by atoms with E-state index in [1.807, 2.05) is 10.7 Å². The van der Waals surface area contributed by atoms with Gasteiger partial charge in [0.1, 0.15) is 0 Å². The van der Waals surface area contributed by atoms with Crippen molar-refractivity contribution in [1.82, 2.24) is 19.0 Å². The predicted octanol–water partition coefficient (Wildman–Crippen LogP) is 2.02. The molecule has 0 saturated carbocycles. The minimum atomic E-state index is -3.61. The summed E-state index contributed by atoms with van der Waals surface area (Å²) < 4.78 is 28.9. The van der Waals surface area contributed by atoms with Crippen LogP contribution in [0.25, 0.3) is 0 Å². The second-order valence-electron chi connectivity index (χ2n) is 6.85. The highest BCUT2D eigenvalue weighted by molar-refractivity contribution is 7.89. The van der Waals surface area contributed by atoms with E-state index in [2.05, 4.69) is 5.10 Å². The van der Waals surface area contributed by atoms with Crippen LogP contribution < -0.4 is 0 Å². The third kappa shape index (κ3) is 3.61. The lowest BCUT2D eigenvalue weighted by atomic mass is 10.1. The molecule has 4 rings (SSSR count). The molecule has 0 atom stereocenters. The van der Waals surface area contributed by atoms with Crippen molar-refractivity contribution < 1.29 is 13.2 Å². The Balaban J connectivity index is 1.44. The lowest BCUT2D eigenvalue weighted by Crippen LogP contribution is -2.50. The largest absolute Gasteiger partial charge is 0.335 e. The number of benzene rings is 1. The fourth-order valence-corrected chi connectivity index (χ4v) is 5.32. The summed E-state index contributed by atoms with van der Waals surface area (Å²) in [5.74, 6) is -0.128. The Morgan fingerprint density at radius 3 is 2.52 bits per heavy atom. The van der Waals surface area contributed by atoms with Crippen LogP contribution in [0.2, 0.25) is 5.02 Å². The van der Waals surface area contributed by atoms with Gasteiger partial charge in [0.25, 0.3) is 5.91 Å². The molecule has 0 aliphatic carbocycles. The number of aryl methyl sites for hydroxylation is 2. The first-order chi connectivity index (χ1) is 12.9. The highest BCUT2D eigenvalue weighted by atomic mass is 35.5. The molecule has 0 spiro atoms. The van der Waals surface area contributed by atoms with Gasteiger partial charge >= 0.3 is 0 Å². The second-order valence-corrected chi connectivity index (χ2v) is 9.23. The third-order valence-electron chi connectivity index (χ3n) is 5.09. The van der Waals surface area contributed by atoms with Crippen molar-refractivity contribution in [3.8, 4) is 0 Å². The number of hydrogen-bond acceptors (Lipinski definition) is 4. The molecule has 0 N–H and O–H groups in total. The summed E-state index contributed by atoms with van der Waals surface area (Å²) in [7, 11) is -3.61. The van der Waals surface area contributed by atoms with Crippen LogP contribution in [0.4, 0.5) is 0 Å². The van der Waals surface area contributed by atoms with Crippen molar-refractivity contribution in [1.29, 1.82) is 0 Å². The Morgan fingerprint density at radius 1 is 1.04 bits per heavy atom. The third-order valence-corrected chi connectivity index (χ3v) is 7.22. The molecular weight excluding hydrogens is 388 g/mol. The SMILES string of the molecule is O=C(c1cc2n(n1)CCCC2)N1CCN(S(=O)(=O)c2cccc(Cl)c2)CC1. The lowest BCUT2D eigenvalue weighted by molar-refractivity contribution is 0.0691. The molecule has 0 bridgehead atoms. The van der Waals surface area contributed by atoms with Gasteiger partial charge in [-0.3, -0.25) is 9.48 Å². The maximum atomic E-state index is 12.8. The number of hydrogen-bond donors (Lipinski definition) is 0. The zero-order valence-corrected chi connectivity index (χ0v) is 16.4. The van der Waals surface area contributed by atoms with Gasteiger partial charge in [-0.15, -0.1) is 0 Å². The standard InChI is InChI=1S/C18H21ClN4O3S/c19-14-4-3-6-16(12-14)27(25,26)22-10-8-21(9-11-22)18(24)17-13-15-5-1-2-7-23(15)20-17/h3-4,6,12-13H,1-2,5,7-11H2. The van der Waals surface area contributed by atoms with Crippen LogP contribution in [-0.4, -0.2) is 59.5 Å². The summed E-state index contributed by atoms with van der Waals surface area (Å²) >= 11 is 5.92. The average molecular weight is 409 g/mol. The number of fused-ring (bicyclic) bond motifs is 1. The fraction of sp³-hybridized carbons (Fsp3) is 0.444. The van der Waals surface area contributed by atoms with Crippen LogP contribution in [-0.2, 0) is 23.0 Å². The monoisotopic (exact) mass is 408 g/mol. The van der Waals surface area contributed by atoms with E-state index in [-0.39, 0.29) is 23.9 Å². The molecule has 1 aromatic carbocycles. The van der Waals surface area contributed by atoms with E-state index < -0.39 is 10.0 Å². The van der Waals surface area contributed by atoms with Crippen LogP contribution in [0.15, 0.2) is 35.2 Å². The van der Waals surface area contributed by atoms with Gasteiger partial charge < -0.3 is 4.90 Å². The second kappa shape index (κ2) is 7.26. The Labute approximate surface area is 163 Å². The molecule has 0 radical (unpaired) electrons. The summed E-state index contributed by atoms with van der Waals surface area (Å²) in [5, 5.41) is 4.81. The molecule has 2 aromatic rings. The molecule has 2 aliphatic heterocycles. The number of nitrogens with zero attached hydrogens (tertiary/aromatic N) is 4. The maximum absolute atomic E-state index is 12.8. The summed E-state index contributed by atoms with van der Waals surface area (Å²) in [4.78, 5) is 14.6. The van der Waals surface area contributed by atoms with E-state index in [9.17, 15) is 13.2 Å². The van der Waals surface area contributed by atoms with E-state index in [0.29, 0.717) is 23.8 Å². The highest BCUT2D eigenvalue weighted by Crippen LogP contribution is 2.22. The van der Waals surface area contributed by atoms with Crippen molar-refractivity contribution in [2.24, 2.45) is 0 Å². The summed E-state index contributed by atoms with van der Waals surface area (Å²) in [6, 6.07) is 8.12. The molecule has 9 heteroatoms.